The number of halogens is 1. The minimum absolute atomic E-state index is 0.132. The SMILES string of the molecule is CC(O)CCN(C)C(=O)CC(C)Cc1ccc(Cl)cc1. The summed E-state index contributed by atoms with van der Waals surface area (Å²) in [7, 11) is 1.79. The number of carbonyl (C=O) groups is 1. The van der Waals surface area contributed by atoms with Gasteiger partial charge in [-0.15, -0.1) is 0 Å². The fraction of sp³-hybridized carbons (Fsp3) is 0.562. The van der Waals surface area contributed by atoms with Crippen LogP contribution in [-0.4, -0.2) is 35.6 Å². The zero-order valence-electron chi connectivity index (χ0n) is 12.5. The van der Waals surface area contributed by atoms with Crippen molar-refractivity contribution in [2.24, 2.45) is 5.92 Å². The molecule has 0 saturated carbocycles. The van der Waals surface area contributed by atoms with E-state index in [1.807, 2.05) is 24.3 Å². The Labute approximate surface area is 126 Å². The summed E-state index contributed by atoms with van der Waals surface area (Å²) in [6.45, 7) is 4.42. The quantitative estimate of drug-likeness (QED) is 0.840. The largest absolute Gasteiger partial charge is 0.393 e. The van der Waals surface area contributed by atoms with Gasteiger partial charge in [0.2, 0.25) is 5.91 Å². The van der Waals surface area contributed by atoms with E-state index in [0.717, 1.165) is 11.4 Å². The minimum atomic E-state index is -0.364. The first-order valence-corrected chi connectivity index (χ1v) is 7.42. The van der Waals surface area contributed by atoms with Crippen molar-refractivity contribution >= 4 is 17.5 Å². The highest BCUT2D eigenvalue weighted by Crippen LogP contribution is 2.16. The Morgan fingerprint density at radius 1 is 1.30 bits per heavy atom. The summed E-state index contributed by atoms with van der Waals surface area (Å²) < 4.78 is 0. The number of hydrogen-bond acceptors (Lipinski definition) is 2. The van der Waals surface area contributed by atoms with Crippen LogP contribution in [0.1, 0.15) is 32.3 Å². The molecule has 1 aromatic carbocycles. The number of hydrogen-bond donors (Lipinski definition) is 1. The minimum Gasteiger partial charge on any atom is -0.393 e. The normalized spacial score (nSPS) is 13.8. The topological polar surface area (TPSA) is 40.5 Å². The van der Waals surface area contributed by atoms with E-state index in [9.17, 15) is 9.90 Å². The highest BCUT2D eigenvalue weighted by Gasteiger charge is 2.14. The van der Waals surface area contributed by atoms with Gasteiger partial charge in [0.1, 0.15) is 0 Å². The number of benzene rings is 1. The Kier molecular flexibility index (Phi) is 7.03. The van der Waals surface area contributed by atoms with Crippen LogP contribution < -0.4 is 0 Å². The second kappa shape index (κ2) is 8.28. The summed E-state index contributed by atoms with van der Waals surface area (Å²) in [6, 6.07) is 7.75. The first kappa shape index (κ1) is 17.0. The maximum Gasteiger partial charge on any atom is 0.222 e. The first-order valence-electron chi connectivity index (χ1n) is 7.05. The van der Waals surface area contributed by atoms with Crippen molar-refractivity contribution in [2.45, 2.75) is 39.2 Å². The average molecular weight is 298 g/mol. The van der Waals surface area contributed by atoms with E-state index in [-0.39, 0.29) is 17.9 Å². The van der Waals surface area contributed by atoms with Gasteiger partial charge in [0.15, 0.2) is 0 Å². The number of rotatable bonds is 7. The summed E-state index contributed by atoms with van der Waals surface area (Å²) in [5, 5.41) is 9.97. The van der Waals surface area contributed by atoms with Crippen LogP contribution in [0.2, 0.25) is 5.02 Å². The van der Waals surface area contributed by atoms with Crippen LogP contribution in [0.3, 0.4) is 0 Å². The molecule has 0 spiro atoms. The molecule has 1 rings (SSSR count). The van der Waals surface area contributed by atoms with E-state index in [1.165, 1.54) is 5.56 Å². The van der Waals surface area contributed by atoms with E-state index in [1.54, 1.807) is 18.9 Å². The molecule has 0 aliphatic carbocycles. The number of aliphatic hydroxyl groups is 1. The van der Waals surface area contributed by atoms with Gasteiger partial charge in [-0.05, 0) is 43.4 Å². The molecule has 1 N–H and O–H groups in total. The third kappa shape index (κ3) is 6.40. The van der Waals surface area contributed by atoms with Crippen LogP contribution in [0, 0.1) is 5.92 Å². The molecule has 3 nitrogen and oxygen atoms in total. The molecule has 1 amide bonds. The van der Waals surface area contributed by atoms with Gasteiger partial charge < -0.3 is 10.0 Å². The van der Waals surface area contributed by atoms with Gasteiger partial charge >= 0.3 is 0 Å². The smallest absolute Gasteiger partial charge is 0.222 e. The summed E-state index contributed by atoms with van der Waals surface area (Å²) in [6.07, 6.45) is 1.65. The van der Waals surface area contributed by atoms with Crippen molar-refractivity contribution in [3.05, 3.63) is 34.9 Å². The molecule has 0 aromatic heterocycles. The molecule has 0 aliphatic rings. The average Bonchev–Trinajstić information content (AvgIpc) is 2.38. The van der Waals surface area contributed by atoms with Crippen LogP contribution in [0.25, 0.3) is 0 Å². The molecule has 0 aliphatic heterocycles. The van der Waals surface area contributed by atoms with Crippen molar-refractivity contribution in [2.75, 3.05) is 13.6 Å². The molecule has 4 heteroatoms. The van der Waals surface area contributed by atoms with E-state index in [0.29, 0.717) is 19.4 Å². The van der Waals surface area contributed by atoms with Gasteiger partial charge in [-0.25, -0.2) is 0 Å². The monoisotopic (exact) mass is 297 g/mol. The molecule has 0 bridgehead atoms. The van der Waals surface area contributed by atoms with Crippen LogP contribution in [0.4, 0.5) is 0 Å². The maximum atomic E-state index is 12.0. The molecule has 0 saturated heterocycles. The molecule has 20 heavy (non-hydrogen) atoms. The van der Waals surface area contributed by atoms with Gasteiger partial charge in [-0.2, -0.15) is 0 Å². The second-order valence-corrected chi connectivity index (χ2v) is 6.03. The van der Waals surface area contributed by atoms with Crippen molar-refractivity contribution in [1.82, 2.24) is 4.90 Å². The lowest BCUT2D eigenvalue weighted by atomic mass is 9.97. The lowest BCUT2D eigenvalue weighted by Crippen LogP contribution is -2.30. The van der Waals surface area contributed by atoms with Gasteiger partial charge in [-0.1, -0.05) is 30.7 Å². The zero-order chi connectivity index (χ0) is 15.1. The first-order chi connectivity index (χ1) is 9.38. The van der Waals surface area contributed by atoms with Crippen LogP contribution in [0.15, 0.2) is 24.3 Å². The summed E-state index contributed by atoms with van der Waals surface area (Å²) >= 11 is 5.85. The molecule has 112 valence electrons. The number of aliphatic hydroxyl groups excluding tert-OH is 1. The van der Waals surface area contributed by atoms with E-state index in [2.05, 4.69) is 6.92 Å². The Bertz CT molecular complexity index is 417. The predicted molar refractivity (Wildman–Crippen MR) is 82.9 cm³/mol. The van der Waals surface area contributed by atoms with E-state index < -0.39 is 0 Å². The Morgan fingerprint density at radius 2 is 1.90 bits per heavy atom. The van der Waals surface area contributed by atoms with Crippen molar-refractivity contribution < 1.29 is 9.90 Å². The molecule has 1 aromatic rings. The van der Waals surface area contributed by atoms with Gasteiger partial charge in [0.25, 0.3) is 0 Å². The molecule has 2 unspecified atom stereocenters. The van der Waals surface area contributed by atoms with Gasteiger partial charge in [0, 0.05) is 25.0 Å². The Morgan fingerprint density at radius 3 is 2.45 bits per heavy atom. The van der Waals surface area contributed by atoms with Crippen LogP contribution in [0.5, 0.6) is 0 Å². The summed E-state index contributed by atoms with van der Waals surface area (Å²) in [5.41, 5.74) is 1.20. The summed E-state index contributed by atoms with van der Waals surface area (Å²) in [5.74, 6) is 0.421. The highest BCUT2D eigenvalue weighted by molar-refractivity contribution is 6.30. The molecule has 0 heterocycles. The number of amides is 1. The fourth-order valence-corrected chi connectivity index (χ4v) is 2.18. The third-order valence-corrected chi connectivity index (χ3v) is 3.58. The molecular formula is C16H24ClNO2. The molecule has 0 radical (unpaired) electrons. The number of carbonyl (C=O) groups excluding carboxylic acids is 1. The highest BCUT2D eigenvalue weighted by atomic mass is 35.5. The molecule has 2 atom stereocenters. The van der Waals surface area contributed by atoms with E-state index >= 15 is 0 Å². The van der Waals surface area contributed by atoms with Crippen LogP contribution in [-0.2, 0) is 11.2 Å². The van der Waals surface area contributed by atoms with E-state index in [4.69, 9.17) is 11.6 Å². The Balaban J connectivity index is 2.39. The zero-order valence-corrected chi connectivity index (χ0v) is 13.2. The van der Waals surface area contributed by atoms with Gasteiger partial charge in [-0.3, -0.25) is 4.79 Å². The van der Waals surface area contributed by atoms with Gasteiger partial charge in [0.05, 0.1) is 6.10 Å². The van der Waals surface area contributed by atoms with Crippen molar-refractivity contribution in [3.8, 4) is 0 Å². The second-order valence-electron chi connectivity index (χ2n) is 5.59. The molecule has 0 fully saturated rings. The predicted octanol–water partition coefficient (Wildman–Crippen LogP) is 3.14. The number of nitrogens with zero attached hydrogens (tertiary/aromatic N) is 1. The molecular weight excluding hydrogens is 274 g/mol. The Hall–Kier alpha value is -1.06. The lowest BCUT2D eigenvalue weighted by molar-refractivity contribution is -0.131. The lowest BCUT2D eigenvalue weighted by Gasteiger charge is -2.20. The third-order valence-electron chi connectivity index (χ3n) is 3.33. The van der Waals surface area contributed by atoms with Crippen LogP contribution >= 0.6 is 11.6 Å². The fourth-order valence-electron chi connectivity index (χ4n) is 2.05. The van der Waals surface area contributed by atoms with Crippen molar-refractivity contribution in [1.29, 1.82) is 0 Å². The summed E-state index contributed by atoms with van der Waals surface area (Å²) in [4.78, 5) is 13.7. The maximum absolute atomic E-state index is 12.0. The van der Waals surface area contributed by atoms with Crippen molar-refractivity contribution in [3.63, 3.8) is 0 Å². The standard InChI is InChI=1S/C16H24ClNO2/c1-12(10-14-4-6-15(17)7-5-14)11-16(20)18(3)9-8-13(2)19/h4-7,12-13,19H,8-11H2,1-3H3.